The Labute approximate surface area is 122 Å². The molecule has 3 N–H and O–H groups in total. The van der Waals surface area contributed by atoms with Crippen molar-refractivity contribution in [3.63, 3.8) is 0 Å². The Morgan fingerprint density at radius 3 is 2.55 bits per heavy atom. The van der Waals surface area contributed by atoms with Gasteiger partial charge in [0.15, 0.2) is 0 Å². The van der Waals surface area contributed by atoms with E-state index in [4.69, 9.17) is 4.74 Å². The Hall–Kier alpha value is -0.160. The van der Waals surface area contributed by atoms with E-state index in [1.807, 2.05) is 0 Å². The number of aliphatic hydroxyl groups is 2. The van der Waals surface area contributed by atoms with Gasteiger partial charge in [-0.25, -0.2) is 0 Å². The van der Waals surface area contributed by atoms with E-state index in [0.717, 1.165) is 44.6 Å². The SMILES string of the molecule is CC1CCC(OCC(O)CNCC2CCCC2O)CC1. The maximum Gasteiger partial charge on any atom is 0.0897 e. The van der Waals surface area contributed by atoms with Gasteiger partial charge in [0.2, 0.25) is 0 Å². The average molecular weight is 285 g/mol. The van der Waals surface area contributed by atoms with Crippen molar-refractivity contribution >= 4 is 0 Å². The molecular formula is C16H31NO3. The van der Waals surface area contributed by atoms with Crippen LogP contribution in [0.2, 0.25) is 0 Å². The first kappa shape index (κ1) is 16.2. The maximum absolute atomic E-state index is 9.92. The first-order valence-electron chi connectivity index (χ1n) is 8.33. The second-order valence-electron chi connectivity index (χ2n) is 6.79. The minimum atomic E-state index is -0.437. The van der Waals surface area contributed by atoms with Crippen molar-refractivity contribution in [1.82, 2.24) is 5.32 Å². The Kier molecular flexibility index (Phi) is 6.75. The van der Waals surface area contributed by atoms with Crippen LogP contribution in [0.15, 0.2) is 0 Å². The fourth-order valence-electron chi connectivity index (χ4n) is 3.39. The van der Waals surface area contributed by atoms with Crippen molar-refractivity contribution in [3.05, 3.63) is 0 Å². The maximum atomic E-state index is 9.92. The van der Waals surface area contributed by atoms with Gasteiger partial charge in [0.05, 0.1) is 24.9 Å². The number of hydrogen-bond donors (Lipinski definition) is 3. The van der Waals surface area contributed by atoms with Crippen LogP contribution in [0.4, 0.5) is 0 Å². The number of aliphatic hydroxyl groups excluding tert-OH is 2. The predicted molar refractivity (Wildman–Crippen MR) is 79.6 cm³/mol. The van der Waals surface area contributed by atoms with E-state index in [1.165, 1.54) is 12.8 Å². The van der Waals surface area contributed by atoms with E-state index >= 15 is 0 Å². The lowest BCUT2D eigenvalue weighted by atomic mass is 9.89. The van der Waals surface area contributed by atoms with Gasteiger partial charge in [0, 0.05) is 13.1 Å². The fraction of sp³-hybridized carbons (Fsp3) is 1.00. The molecule has 20 heavy (non-hydrogen) atoms. The summed E-state index contributed by atoms with van der Waals surface area (Å²) < 4.78 is 5.80. The average Bonchev–Trinajstić information content (AvgIpc) is 2.84. The topological polar surface area (TPSA) is 61.7 Å². The van der Waals surface area contributed by atoms with E-state index in [2.05, 4.69) is 12.2 Å². The third-order valence-electron chi connectivity index (χ3n) is 4.89. The molecule has 2 rings (SSSR count). The zero-order valence-corrected chi connectivity index (χ0v) is 12.8. The zero-order valence-electron chi connectivity index (χ0n) is 12.8. The van der Waals surface area contributed by atoms with E-state index in [-0.39, 0.29) is 6.10 Å². The van der Waals surface area contributed by atoms with Crippen molar-refractivity contribution in [1.29, 1.82) is 0 Å². The summed E-state index contributed by atoms with van der Waals surface area (Å²) in [6.07, 6.45) is 7.67. The third-order valence-corrected chi connectivity index (χ3v) is 4.89. The first-order valence-corrected chi connectivity index (χ1v) is 8.33. The molecule has 0 radical (unpaired) electrons. The number of rotatable bonds is 7. The minimum absolute atomic E-state index is 0.153. The molecule has 4 heteroatoms. The number of ether oxygens (including phenoxy) is 1. The molecule has 2 aliphatic rings. The van der Waals surface area contributed by atoms with Gasteiger partial charge in [0.25, 0.3) is 0 Å². The van der Waals surface area contributed by atoms with Crippen LogP contribution in [0.1, 0.15) is 51.9 Å². The van der Waals surface area contributed by atoms with Gasteiger partial charge in [-0.2, -0.15) is 0 Å². The summed E-state index contributed by atoms with van der Waals surface area (Å²) in [6, 6.07) is 0. The van der Waals surface area contributed by atoms with E-state index < -0.39 is 6.10 Å². The highest BCUT2D eigenvalue weighted by molar-refractivity contribution is 4.78. The van der Waals surface area contributed by atoms with Gasteiger partial charge in [-0.05, 0) is 50.4 Å². The lowest BCUT2D eigenvalue weighted by Gasteiger charge is -2.27. The smallest absolute Gasteiger partial charge is 0.0897 e. The van der Waals surface area contributed by atoms with E-state index in [9.17, 15) is 10.2 Å². The molecule has 0 aromatic heterocycles. The Morgan fingerprint density at radius 1 is 1.15 bits per heavy atom. The quantitative estimate of drug-likeness (QED) is 0.666. The summed E-state index contributed by atoms with van der Waals surface area (Å²) in [5.74, 6) is 1.20. The Morgan fingerprint density at radius 2 is 1.90 bits per heavy atom. The van der Waals surface area contributed by atoms with Crippen molar-refractivity contribution in [3.8, 4) is 0 Å². The monoisotopic (exact) mass is 285 g/mol. The van der Waals surface area contributed by atoms with Gasteiger partial charge in [0.1, 0.15) is 0 Å². The van der Waals surface area contributed by atoms with E-state index in [1.54, 1.807) is 0 Å². The predicted octanol–water partition coefficient (Wildman–Crippen LogP) is 1.69. The van der Waals surface area contributed by atoms with Crippen LogP contribution in [-0.4, -0.2) is 48.2 Å². The highest BCUT2D eigenvalue weighted by Gasteiger charge is 2.25. The zero-order chi connectivity index (χ0) is 14.4. The summed E-state index contributed by atoms with van der Waals surface area (Å²) >= 11 is 0. The molecular weight excluding hydrogens is 254 g/mol. The molecule has 2 fully saturated rings. The van der Waals surface area contributed by atoms with Crippen LogP contribution >= 0.6 is 0 Å². The van der Waals surface area contributed by atoms with Gasteiger partial charge in [-0.15, -0.1) is 0 Å². The van der Waals surface area contributed by atoms with Gasteiger partial charge < -0.3 is 20.3 Å². The van der Waals surface area contributed by atoms with Crippen LogP contribution < -0.4 is 5.32 Å². The highest BCUT2D eigenvalue weighted by Crippen LogP contribution is 2.26. The summed E-state index contributed by atoms with van der Waals surface area (Å²) in [7, 11) is 0. The molecule has 3 atom stereocenters. The lowest BCUT2D eigenvalue weighted by molar-refractivity contribution is -0.0281. The Balaban J connectivity index is 1.51. The second kappa shape index (κ2) is 8.32. The third kappa shape index (κ3) is 5.32. The van der Waals surface area contributed by atoms with Crippen LogP contribution in [-0.2, 0) is 4.74 Å². The molecule has 0 saturated heterocycles. The molecule has 3 unspecified atom stereocenters. The molecule has 4 nitrogen and oxygen atoms in total. The van der Waals surface area contributed by atoms with Crippen molar-refractivity contribution in [2.75, 3.05) is 19.7 Å². The number of hydrogen-bond acceptors (Lipinski definition) is 4. The van der Waals surface area contributed by atoms with Crippen LogP contribution in [0.5, 0.6) is 0 Å². The van der Waals surface area contributed by atoms with Gasteiger partial charge in [-0.1, -0.05) is 13.3 Å². The second-order valence-corrected chi connectivity index (χ2v) is 6.79. The van der Waals surface area contributed by atoms with Crippen molar-refractivity contribution in [2.24, 2.45) is 11.8 Å². The molecule has 0 aromatic carbocycles. The molecule has 118 valence electrons. The fourth-order valence-corrected chi connectivity index (χ4v) is 3.39. The Bertz CT molecular complexity index is 266. The summed E-state index contributed by atoms with van der Waals surface area (Å²) in [5, 5.41) is 22.9. The normalized spacial score (nSPS) is 36.1. The van der Waals surface area contributed by atoms with E-state index in [0.29, 0.717) is 25.2 Å². The van der Waals surface area contributed by atoms with Crippen molar-refractivity contribution in [2.45, 2.75) is 70.2 Å². The van der Waals surface area contributed by atoms with Crippen LogP contribution in [0.25, 0.3) is 0 Å². The molecule has 0 heterocycles. The van der Waals surface area contributed by atoms with Crippen molar-refractivity contribution < 1.29 is 14.9 Å². The molecule has 2 saturated carbocycles. The van der Waals surface area contributed by atoms with Crippen LogP contribution in [0.3, 0.4) is 0 Å². The standard InChI is InChI=1S/C16H31NO3/c1-12-5-7-15(8-6-12)20-11-14(18)10-17-9-13-3-2-4-16(13)19/h12-19H,2-11H2,1H3. The summed E-state index contributed by atoms with van der Waals surface area (Å²) in [4.78, 5) is 0. The summed E-state index contributed by atoms with van der Waals surface area (Å²) in [5.41, 5.74) is 0. The molecule has 0 spiro atoms. The molecule has 0 amide bonds. The molecule has 0 bridgehead atoms. The minimum Gasteiger partial charge on any atom is -0.393 e. The molecule has 0 aliphatic heterocycles. The lowest BCUT2D eigenvalue weighted by Crippen LogP contribution is -2.36. The highest BCUT2D eigenvalue weighted by atomic mass is 16.5. The first-order chi connectivity index (χ1) is 9.65. The van der Waals surface area contributed by atoms with Crippen LogP contribution in [0, 0.1) is 11.8 Å². The largest absolute Gasteiger partial charge is 0.393 e. The van der Waals surface area contributed by atoms with Gasteiger partial charge in [-0.3, -0.25) is 0 Å². The molecule has 2 aliphatic carbocycles. The summed E-state index contributed by atoms with van der Waals surface area (Å²) in [6.45, 7) is 4.09. The molecule has 0 aromatic rings. The van der Waals surface area contributed by atoms with Gasteiger partial charge >= 0.3 is 0 Å². The number of nitrogens with one attached hydrogen (secondary N) is 1.